The quantitative estimate of drug-likeness (QED) is 0.791. The van der Waals surface area contributed by atoms with Crippen molar-refractivity contribution in [3.05, 3.63) is 17.6 Å². The summed E-state index contributed by atoms with van der Waals surface area (Å²) in [6.45, 7) is 5.68. The van der Waals surface area contributed by atoms with Gasteiger partial charge in [-0.15, -0.1) is 0 Å². The molecular formula is C19H29N5O2. The van der Waals surface area contributed by atoms with Crippen molar-refractivity contribution < 1.29 is 9.59 Å². The predicted octanol–water partition coefficient (Wildman–Crippen LogP) is 1.25. The van der Waals surface area contributed by atoms with Gasteiger partial charge in [-0.3, -0.25) is 9.59 Å². The molecule has 0 aromatic carbocycles. The molecule has 0 radical (unpaired) electrons. The SMILES string of the molecule is CCCc1nc(C)cc(N2C[C@@H]3CC[C@H](C2)N(CC(=O)N(C)C)C3=O)n1. The van der Waals surface area contributed by atoms with Gasteiger partial charge in [0.05, 0.1) is 5.92 Å². The van der Waals surface area contributed by atoms with Crippen LogP contribution in [0.3, 0.4) is 0 Å². The molecule has 3 aliphatic rings. The summed E-state index contributed by atoms with van der Waals surface area (Å²) in [7, 11) is 3.46. The Labute approximate surface area is 155 Å². The van der Waals surface area contributed by atoms with Gasteiger partial charge in [0.2, 0.25) is 11.8 Å². The second-order valence-electron chi connectivity index (χ2n) is 7.62. The van der Waals surface area contributed by atoms with E-state index < -0.39 is 0 Å². The molecule has 0 unspecified atom stereocenters. The third-order valence-electron chi connectivity index (χ3n) is 5.28. The van der Waals surface area contributed by atoms with E-state index in [2.05, 4.69) is 16.8 Å². The smallest absolute Gasteiger partial charge is 0.241 e. The van der Waals surface area contributed by atoms with Crippen LogP contribution in [0.4, 0.5) is 5.82 Å². The lowest BCUT2D eigenvalue weighted by molar-refractivity contribution is -0.145. The number of amides is 2. The van der Waals surface area contributed by atoms with E-state index in [0.717, 1.165) is 49.6 Å². The number of hydrogen-bond acceptors (Lipinski definition) is 5. The van der Waals surface area contributed by atoms with Gasteiger partial charge in [-0.1, -0.05) is 6.92 Å². The Morgan fingerprint density at radius 3 is 2.73 bits per heavy atom. The molecule has 3 fully saturated rings. The zero-order valence-corrected chi connectivity index (χ0v) is 16.2. The van der Waals surface area contributed by atoms with Crippen LogP contribution in [0, 0.1) is 12.8 Å². The zero-order chi connectivity index (χ0) is 18.8. The number of carbonyl (C=O) groups is 2. The van der Waals surface area contributed by atoms with E-state index in [0.29, 0.717) is 6.54 Å². The van der Waals surface area contributed by atoms with E-state index in [-0.39, 0.29) is 30.3 Å². The minimum Gasteiger partial charge on any atom is -0.354 e. The molecule has 142 valence electrons. The van der Waals surface area contributed by atoms with Crippen LogP contribution in [0.15, 0.2) is 6.07 Å². The van der Waals surface area contributed by atoms with Crippen LogP contribution >= 0.6 is 0 Å². The number of fused-ring (bicyclic) bond motifs is 4. The highest BCUT2D eigenvalue weighted by atomic mass is 16.2. The maximum absolute atomic E-state index is 12.9. The fourth-order valence-electron chi connectivity index (χ4n) is 3.83. The number of piperidine rings is 1. The number of rotatable bonds is 5. The Morgan fingerprint density at radius 1 is 1.27 bits per heavy atom. The van der Waals surface area contributed by atoms with Crippen LogP contribution in [-0.2, 0) is 16.0 Å². The van der Waals surface area contributed by atoms with Gasteiger partial charge in [0.25, 0.3) is 0 Å². The van der Waals surface area contributed by atoms with Crippen molar-refractivity contribution in [2.45, 2.75) is 45.6 Å². The molecule has 2 atom stereocenters. The second kappa shape index (κ2) is 7.60. The Bertz CT molecular complexity index is 691. The minimum absolute atomic E-state index is 0.0273. The number of hydrogen-bond donors (Lipinski definition) is 0. The number of anilines is 1. The summed E-state index contributed by atoms with van der Waals surface area (Å²) in [6, 6.07) is 2.07. The Kier molecular flexibility index (Phi) is 5.44. The Hall–Kier alpha value is -2.18. The van der Waals surface area contributed by atoms with Gasteiger partial charge in [-0.2, -0.15) is 0 Å². The first-order valence-corrected chi connectivity index (χ1v) is 9.49. The van der Waals surface area contributed by atoms with Crippen molar-refractivity contribution in [2.75, 3.05) is 38.6 Å². The van der Waals surface area contributed by atoms with Crippen molar-refractivity contribution in [1.82, 2.24) is 19.8 Å². The summed E-state index contributed by atoms with van der Waals surface area (Å²) in [5, 5.41) is 0. The molecule has 4 rings (SSSR count). The number of carbonyl (C=O) groups excluding carboxylic acids is 2. The third kappa shape index (κ3) is 3.81. The predicted molar refractivity (Wildman–Crippen MR) is 99.9 cm³/mol. The van der Waals surface area contributed by atoms with E-state index in [4.69, 9.17) is 4.98 Å². The monoisotopic (exact) mass is 359 g/mol. The van der Waals surface area contributed by atoms with E-state index in [1.807, 2.05) is 13.0 Å². The molecule has 1 aromatic rings. The molecule has 26 heavy (non-hydrogen) atoms. The first kappa shape index (κ1) is 18.6. The highest BCUT2D eigenvalue weighted by molar-refractivity contribution is 5.87. The Balaban J connectivity index is 1.83. The number of nitrogens with zero attached hydrogens (tertiary/aromatic N) is 5. The average Bonchev–Trinajstić information content (AvgIpc) is 2.87. The van der Waals surface area contributed by atoms with Crippen LogP contribution in [-0.4, -0.2) is 71.4 Å². The van der Waals surface area contributed by atoms with E-state index in [1.165, 1.54) is 0 Å². The molecule has 7 heteroatoms. The van der Waals surface area contributed by atoms with Gasteiger partial charge in [-0.25, -0.2) is 9.97 Å². The summed E-state index contributed by atoms with van der Waals surface area (Å²) >= 11 is 0. The molecule has 1 aromatic heterocycles. The standard InChI is InChI=1S/C19H29N5O2/c1-5-6-16-20-13(2)9-17(21-16)23-10-14-7-8-15(11-23)24(19(14)26)12-18(25)22(3)4/h9,14-15H,5-8,10-12H2,1-4H3/t14-,15+/m0/s1. The maximum atomic E-state index is 12.9. The van der Waals surface area contributed by atoms with Crippen LogP contribution in [0.2, 0.25) is 0 Å². The van der Waals surface area contributed by atoms with Gasteiger partial charge in [0, 0.05) is 51.4 Å². The van der Waals surface area contributed by atoms with Crippen molar-refractivity contribution in [3.63, 3.8) is 0 Å². The molecule has 3 aliphatic heterocycles. The van der Waals surface area contributed by atoms with Crippen LogP contribution in [0.1, 0.15) is 37.7 Å². The molecule has 7 nitrogen and oxygen atoms in total. The topological polar surface area (TPSA) is 69.6 Å². The molecule has 0 aliphatic carbocycles. The first-order valence-electron chi connectivity index (χ1n) is 9.49. The minimum atomic E-state index is -0.0615. The molecule has 4 heterocycles. The van der Waals surface area contributed by atoms with Crippen LogP contribution in [0.5, 0.6) is 0 Å². The highest BCUT2D eigenvalue weighted by Gasteiger charge is 2.41. The average molecular weight is 359 g/mol. The molecule has 0 N–H and O–H groups in total. The normalized spacial score (nSPS) is 22.5. The lowest BCUT2D eigenvalue weighted by atomic mass is 9.94. The van der Waals surface area contributed by atoms with Gasteiger partial charge in [-0.05, 0) is 26.2 Å². The summed E-state index contributed by atoms with van der Waals surface area (Å²) in [6.07, 6.45) is 3.70. The van der Waals surface area contributed by atoms with Gasteiger partial charge in [0.1, 0.15) is 18.2 Å². The summed E-state index contributed by atoms with van der Waals surface area (Å²) in [5.41, 5.74) is 0.959. The van der Waals surface area contributed by atoms with Crippen molar-refractivity contribution >= 4 is 17.6 Å². The zero-order valence-electron chi connectivity index (χ0n) is 16.2. The fraction of sp³-hybridized carbons (Fsp3) is 0.684. The fourth-order valence-corrected chi connectivity index (χ4v) is 3.83. The lowest BCUT2D eigenvalue weighted by Gasteiger charge is -2.35. The number of likely N-dealkylation sites (N-methyl/N-ethyl adjacent to an activating group) is 1. The van der Waals surface area contributed by atoms with Crippen molar-refractivity contribution in [2.24, 2.45) is 5.92 Å². The summed E-state index contributed by atoms with van der Waals surface area (Å²) < 4.78 is 0. The van der Waals surface area contributed by atoms with Crippen molar-refractivity contribution in [1.29, 1.82) is 0 Å². The van der Waals surface area contributed by atoms with E-state index in [1.54, 1.807) is 23.9 Å². The van der Waals surface area contributed by atoms with E-state index >= 15 is 0 Å². The van der Waals surface area contributed by atoms with E-state index in [9.17, 15) is 9.59 Å². The molecular weight excluding hydrogens is 330 g/mol. The van der Waals surface area contributed by atoms with Gasteiger partial charge >= 0.3 is 0 Å². The molecule has 0 saturated carbocycles. The van der Waals surface area contributed by atoms with Gasteiger partial charge < -0.3 is 14.7 Å². The second-order valence-corrected chi connectivity index (χ2v) is 7.62. The van der Waals surface area contributed by atoms with Gasteiger partial charge in [0.15, 0.2) is 0 Å². The molecule has 0 spiro atoms. The molecule has 2 bridgehead atoms. The van der Waals surface area contributed by atoms with Crippen LogP contribution in [0.25, 0.3) is 0 Å². The van der Waals surface area contributed by atoms with Crippen LogP contribution < -0.4 is 4.90 Å². The molecule has 2 amide bonds. The Morgan fingerprint density at radius 2 is 2.04 bits per heavy atom. The summed E-state index contributed by atoms with van der Waals surface area (Å²) in [4.78, 5) is 39.8. The first-order chi connectivity index (χ1) is 12.4. The number of aryl methyl sites for hydroxylation is 2. The largest absolute Gasteiger partial charge is 0.354 e. The lowest BCUT2D eigenvalue weighted by Crippen LogP contribution is -2.51. The third-order valence-corrected chi connectivity index (χ3v) is 5.28. The van der Waals surface area contributed by atoms with Crippen molar-refractivity contribution in [3.8, 4) is 0 Å². The highest BCUT2D eigenvalue weighted by Crippen LogP contribution is 2.31. The number of aromatic nitrogens is 2. The summed E-state index contributed by atoms with van der Waals surface area (Å²) in [5.74, 6) is 1.80. The maximum Gasteiger partial charge on any atom is 0.241 e. The molecule has 3 saturated heterocycles.